The summed E-state index contributed by atoms with van der Waals surface area (Å²) in [5.74, 6) is 0. The molecule has 0 atom stereocenters. The van der Waals surface area contributed by atoms with Gasteiger partial charge in [0.15, 0.2) is 5.03 Å². The highest BCUT2D eigenvalue weighted by atomic mass is 32.2. The summed E-state index contributed by atoms with van der Waals surface area (Å²) in [6.45, 7) is 4.83. The minimum atomic E-state index is -3.78. The first-order chi connectivity index (χ1) is 17.6. The average Bonchev–Trinajstić information content (AvgIpc) is 3.37. The lowest BCUT2D eigenvalue weighted by Gasteiger charge is -2.36. The third-order valence-electron chi connectivity index (χ3n) is 7.11. The lowest BCUT2D eigenvalue weighted by molar-refractivity contribution is 0.261. The molecule has 1 aliphatic heterocycles. The summed E-state index contributed by atoms with van der Waals surface area (Å²) in [7, 11) is -3.78. The van der Waals surface area contributed by atoms with Crippen LogP contribution in [0.15, 0.2) is 101 Å². The summed E-state index contributed by atoms with van der Waals surface area (Å²) in [6, 6.07) is 29.5. The number of hydrogen-bond donors (Lipinski definition) is 1. The summed E-state index contributed by atoms with van der Waals surface area (Å²) >= 11 is 0. The monoisotopic (exact) mass is 496 g/mol. The van der Waals surface area contributed by atoms with E-state index in [4.69, 9.17) is 0 Å². The fraction of sp³-hybridized carbons (Fsp3) is 0.207. The molecule has 2 heterocycles. The number of fused-ring (bicyclic) bond motifs is 2. The Balaban J connectivity index is 1.24. The number of benzene rings is 4. The summed E-state index contributed by atoms with van der Waals surface area (Å²) < 4.78 is 27.5. The van der Waals surface area contributed by atoms with E-state index < -0.39 is 9.84 Å². The Hall–Kier alpha value is -3.68. The van der Waals surface area contributed by atoms with E-state index in [0.717, 1.165) is 50.2 Å². The van der Waals surface area contributed by atoms with Gasteiger partial charge in [0.1, 0.15) is 0 Å². The Morgan fingerprint density at radius 2 is 1.53 bits per heavy atom. The fourth-order valence-corrected chi connectivity index (χ4v) is 6.65. The Morgan fingerprint density at radius 1 is 0.778 bits per heavy atom. The van der Waals surface area contributed by atoms with Crippen molar-refractivity contribution in [2.75, 3.05) is 37.6 Å². The number of nitrogens with one attached hydrogen (secondary N) is 1. The van der Waals surface area contributed by atoms with Crippen LogP contribution in [0.2, 0.25) is 0 Å². The predicted octanol–water partition coefficient (Wildman–Crippen LogP) is 4.91. The predicted molar refractivity (Wildman–Crippen MR) is 144 cm³/mol. The van der Waals surface area contributed by atoms with Crippen molar-refractivity contribution in [2.24, 2.45) is 0 Å². The van der Waals surface area contributed by atoms with Gasteiger partial charge in [0, 0.05) is 49.2 Å². The van der Waals surface area contributed by atoms with Crippen LogP contribution in [0.25, 0.3) is 21.7 Å². The maximum Gasteiger partial charge on any atom is 0.224 e. The van der Waals surface area contributed by atoms with Crippen molar-refractivity contribution in [3.63, 3.8) is 0 Å². The van der Waals surface area contributed by atoms with Crippen LogP contribution >= 0.6 is 0 Å². The molecule has 4 aromatic carbocycles. The first kappa shape index (κ1) is 22.8. The molecule has 1 aliphatic rings. The minimum Gasteiger partial charge on any atom is -0.369 e. The van der Waals surface area contributed by atoms with E-state index in [1.807, 2.05) is 48.5 Å². The first-order valence-electron chi connectivity index (χ1n) is 12.3. The number of nitrogens with zero attached hydrogens (tertiary/aromatic N) is 3. The molecule has 1 fully saturated rings. The number of piperazine rings is 1. The maximum absolute atomic E-state index is 13.8. The van der Waals surface area contributed by atoms with Crippen LogP contribution in [0.5, 0.6) is 0 Å². The molecule has 0 spiro atoms. The number of aromatic nitrogens is 2. The highest BCUT2D eigenvalue weighted by Crippen LogP contribution is 2.33. The topological polar surface area (TPSA) is 69.3 Å². The summed E-state index contributed by atoms with van der Waals surface area (Å²) in [5.41, 5.74) is 3.05. The molecule has 0 saturated carbocycles. The molecule has 182 valence electrons. The van der Waals surface area contributed by atoms with Gasteiger partial charge < -0.3 is 4.90 Å². The number of aromatic amines is 1. The standard InChI is InChI=1S/C29H28N4O2S/c34-36(35,28-12-6-10-23-9-4-5-11-25(23)28)29-26-21-24(13-14-27(26)30-31-29)33-19-17-32(18-20-33)16-15-22-7-2-1-3-8-22/h1-14,21H,15-20H2,(H,30,31). The van der Waals surface area contributed by atoms with Crippen molar-refractivity contribution in [3.8, 4) is 0 Å². The van der Waals surface area contributed by atoms with Crippen molar-refractivity contribution in [1.29, 1.82) is 0 Å². The quantitative estimate of drug-likeness (QED) is 0.362. The number of anilines is 1. The second-order valence-corrected chi connectivity index (χ2v) is 11.2. The van der Waals surface area contributed by atoms with Crippen molar-refractivity contribution in [1.82, 2.24) is 15.1 Å². The zero-order valence-electron chi connectivity index (χ0n) is 20.0. The van der Waals surface area contributed by atoms with Crippen molar-refractivity contribution >= 4 is 37.2 Å². The van der Waals surface area contributed by atoms with Crippen LogP contribution in [-0.2, 0) is 16.3 Å². The van der Waals surface area contributed by atoms with Crippen molar-refractivity contribution in [2.45, 2.75) is 16.3 Å². The van der Waals surface area contributed by atoms with Gasteiger partial charge in [-0.1, -0.05) is 66.7 Å². The normalized spacial score (nSPS) is 15.1. The Morgan fingerprint density at radius 3 is 2.36 bits per heavy atom. The molecular formula is C29H28N4O2S. The van der Waals surface area contributed by atoms with E-state index in [0.29, 0.717) is 21.2 Å². The zero-order chi connectivity index (χ0) is 24.5. The van der Waals surface area contributed by atoms with Crippen LogP contribution in [0.1, 0.15) is 5.56 Å². The molecule has 1 saturated heterocycles. The number of rotatable bonds is 6. The number of H-pyrrole nitrogens is 1. The number of sulfone groups is 1. The van der Waals surface area contributed by atoms with Crippen LogP contribution < -0.4 is 4.90 Å². The van der Waals surface area contributed by atoms with E-state index in [2.05, 4.69) is 50.3 Å². The highest BCUT2D eigenvalue weighted by Gasteiger charge is 2.26. The smallest absolute Gasteiger partial charge is 0.224 e. The van der Waals surface area contributed by atoms with E-state index in [-0.39, 0.29) is 5.03 Å². The van der Waals surface area contributed by atoms with E-state index in [1.54, 1.807) is 12.1 Å². The molecule has 0 bridgehead atoms. The molecule has 0 amide bonds. The fourth-order valence-electron chi connectivity index (χ4n) is 5.08. The molecule has 5 aromatic rings. The van der Waals surface area contributed by atoms with Crippen molar-refractivity contribution < 1.29 is 8.42 Å². The van der Waals surface area contributed by atoms with E-state index in [1.165, 1.54) is 5.56 Å². The molecule has 0 unspecified atom stereocenters. The minimum absolute atomic E-state index is 0.150. The Labute approximate surface area is 211 Å². The molecule has 6 rings (SSSR count). The van der Waals surface area contributed by atoms with Gasteiger partial charge in [0.05, 0.1) is 10.4 Å². The second kappa shape index (κ2) is 9.41. The van der Waals surface area contributed by atoms with Gasteiger partial charge in [-0.3, -0.25) is 10.00 Å². The Kier molecular flexibility index (Phi) is 5.95. The van der Waals surface area contributed by atoms with Crippen LogP contribution in [-0.4, -0.2) is 56.2 Å². The summed E-state index contributed by atoms with van der Waals surface area (Å²) in [6.07, 6.45) is 1.05. The lowest BCUT2D eigenvalue weighted by atomic mass is 10.1. The van der Waals surface area contributed by atoms with Gasteiger partial charge in [-0.05, 0) is 41.6 Å². The van der Waals surface area contributed by atoms with Gasteiger partial charge in [-0.25, -0.2) is 8.42 Å². The third-order valence-corrected chi connectivity index (χ3v) is 8.89. The molecule has 1 aromatic heterocycles. The SMILES string of the molecule is O=S(=O)(c1cccc2ccccc12)c1[nH]nc2ccc(N3CCN(CCc4ccccc4)CC3)cc12. The molecular weight excluding hydrogens is 468 g/mol. The molecule has 0 radical (unpaired) electrons. The second-order valence-electron chi connectivity index (χ2n) is 9.30. The highest BCUT2D eigenvalue weighted by molar-refractivity contribution is 7.91. The Bertz CT molecular complexity index is 1620. The van der Waals surface area contributed by atoms with Crippen LogP contribution in [0.3, 0.4) is 0 Å². The summed E-state index contributed by atoms with van der Waals surface area (Å²) in [4.78, 5) is 5.12. The summed E-state index contributed by atoms with van der Waals surface area (Å²) in [5, 5.41) is 9.52. The maximum atomic E-state index is 13.8. The van der Waals surface area contributed by atoms with Gasteiger partial charge in [0.2, 0.25) is 9.84 Å². The van der Waals surface area contributed by atoms with Crippen molar-refractivity contribution in [3.05, 3.63) is 96.6 Å². The van der Waals surface area contributed by atoms with Crippen LogP contribution in [0, 0.1) is 0 Å². The van der Waals surface area contributed by atoms with Gasteiger partial charge in [0.25, 0.3) is 0 Å². The third kappa shape index (κ3) is 4.25. The molecule has 1 N–H and O–H groups in total. The lowest BCUT2D eigenvalue weighted by Crippen LogP contribution is -2.47. The average molecular weight is 497 g/mol. The van der Waals surface area contributed by atoms with E-state index >= 15 is 0 Å². The number of hydrogen-bond acceptors (Lipinski definition) is 5. The van der Waals surface area contributed by atoms with Gasteiger partial charge in [-0.2, -0.15) is 5.10 Å². The zero-order valence-corrected chi connectivity index (χ0v) is 20.8. The van der Waals surface area contributed by atoms with Gasteiger partial charge in [-0.15, -0.1) is 0 Å². The molecule has 36 heavy (non-hydrogen) atoms. The van der Waals surface area contributed by atoms with Gasteiger partial charge >= 0.3 is 0 Å². The van der Waals surface area contributed by atoms with E-state index in [9.17, 15) is 8.42 Å². The van der Waals surface area contributed by atoms with Crippen LogP contribution in [0.4, 0.5) is 5.69 Å². The molecule has 0 aliphatic carbocycles. The molecule has 7 heteroatoms. The first-order valence-corrected chi connectivity index (χ1v) is 13.8. The largest absolute Gasteiger partial charge is 0.369 e. The molecule has 6 nitrogen and oxygen atoms in total.